The Balaban J connectivity index is 3.10. The topological polar surface area (TPSA) is 48.8 Å². The summed E-state index contributed by atoms with van der Waals surface area (Å²) in [6.07, 6.45) is 0. The molecule has 0 saturated carbocycles. The third-order valence-corrected chi connectivity index (χ3v) is 1.42. The van der Waals surface area contributed by atoms with Gasteiger partial charge in [-0.05, 0) is 17.2 Å². The van der Waals surface area contributed by atoms with E-state index in [1.807, 2.05) is 0 Å². The van der Waals surface area contributed by atoms with E-state index in [1.54, 1.807) is 0 Å². The van der Waals surface area contributed by atoms with Crippen LogP contribution in [0.1, 0.15) is 5.56 Å². The Morgan fingerprint density at radius 3 is 2.54 bits per heavy atom. The monoisotopic (exact) mass is 187 g/mol. The lowest BCUT2D eigenvalue weighted by molar-refractivity contribution is 0.441. The molecule has 1 aromatic carbocycles. The molecule has 0 aromatic heterocycles. The zero-order valence-corrected chi connectivity index (χ0v) is 6.34. The maximum absolute atomic E-state index is 12.8. The van der Waals surface area contributed by atoms with Crippen LogP contribution in [-0.4, -0.2) is 0 Å². The van der Waals surface area contributed by atoms with Gasteiger partial charge in [-0.2, -0.15) is 0 Å². The van der Waals surface area contributed by atoms with Crippen molar-refractivity contribution in [1.29, 1.82) is 0 Å². The SMILES string of the molecule is [N-]=[N+]=NCc1ccc(F)c(F)c1F. The number of rotatable bonds is 2. The molecule has 0 heterocycles. The van der Waals surface area contributed by atoms with Crippen LogP contribution in [0, 0.1) is 17.5 Å². The minimum Gasteiger partial charge on any atom is -0.204 e. The molecule has 0 aliphatic rings. The summed E-state index contributed by atoms with van der Waals surface area (Å²) >= 11 is 0. The molecule has 0 amide bonds. The van der Waals surface area contributed by atoms with Gasteiger partial charge >= 0.3 is 0 Å². The maximum atomic E-state index is 12.8. The van der Waals surface area contributed by atoms with Crippen molar-refractivity contribution in [2.75, 3.05) is 0 Å². The van der Waals surface area contributed by atoms with E-state index in [0.717, 1.165) is 12.1 Å². The Hall–Kier alpha value is -1.68. The van der Waals surface area contributed by atoms with Gasteiger partial charge in [0.1, 0.15) is 0 Å². The van der Waals surface area contributed by atoms with Crippen LogP contribution in [0.15, 0.2) is 17.2 Å². The molecule has 0 saturated heterocycles. The van der Waals surface area contributed by atoms with E-state index in [0.29, 0.717) is 0 Å². The molecule has 1 rings (SSSR count). The zero-order valence-electron chi connectivity index (χ0n) is 6.34. The lowest BCUT2D eigenvalue weighted by atomic mass is 10.2. The first-order valence-electron chi connectivity index (χ1n) is 3.30. The van der Waals surface area contributed by atoms with E-state index in [1.165, 1.54) is 0 Å². The van der Waals surface area contributed by atoms with Gasteiger partial charge in [-0.1, -0.05) is 11.2 Å². The molecule has 0 aliphatic carbocycles. The second-order valence-corrected chi connectivity index (χ2v) is 2.22. The first-order chi connectivity index (χ1) is 6.16. The van der Waals surface area contributed by atoms with Crippen LogP contribution >= 0.6 is 0 Å². The molecule has 0 radical (unpaired) electrons. The van der Waals surface area contributed by atoms with Gasteiger partial charge in [-0.15, -0.1) is 0 Å². The summed E-state index contributed by atoms with van der Waals surface area (Å²) in [6, 6.07) is 1.81. The van der Waals surface area contributed by atoms with Crippen LogP contribution in [0.4, 0.5) is 13.2 Å². The fourth-order valence-electron chi connectivity index (χ4n) is 0.796. The number of azide groups is 1. The van der Waals surface area contributed by atoms with Crippen molar-refractivity contribution in [3.8, 4) is 0 Å². The molecule has 13 heavy (non-hydrogen) atoms. The predicted molar refractivity (Wildman–Crippen MR) is 39.2 cm³/mol. The highest BCUT2D eigenvalue weighted by molar-refractivity contribution is 5.20. The van der Waals surface area contributed by atoms with Gasteiger partial charge in [0.15, 0.2) is 17.5 Å². The fourth-order valence-corrected chi connectivity index (χ4v) is 0.796. The molecule has 68 valence electrons. The smallest absolute Gasteiger partial charge is 0.194 e. The zero-order chi connectivity index (χ0) is 9.84. The molecule has 0 bridgehead atoms. The second-order valence-electron chi connectivity index (χ2n) is 2.22. The van der Waals surface area contributed by atoms with E-state index in [9.17, 15) is 13.2 Å². The predicted octanol–water partition coefficient (Wildman–Crippen LogP) is 2.91. The summed E-state index contributed by atoms with van der Waals surface area (Å²) in [5, 5.41) is 3.03. The quantitative estimate of drug-likeness (QED) is 0.296. The minimum atomic E-state index is -1.55. The molecule has 0 spiro atoms. The van der Waals surface area contributed by atoms with Crippen molar-refractivity contribution in [3.05, 3.63) is 45.6 Å². The Bertz CT molecular complexity index is 371. The van der Waals surface area contributed by atoms with Crippen molar-refractivity contribution < 1.29 is 13.2 Å². The lowest BCUT2D eigenvalue weighted by Crippen LogP contribution is -1.95. The Labute approximate surface area is 71.4 Å². The molecule has 0 fully saturated rings. The summed E-state index contributed by atoms with van der Waals surface area (Å²) in [6.45, 7) is -0.334. The van der Waals surface area contributed by atoms with Crippen LogP contribution in [0.2, 0.25) is 0 Å². The third-order valence-electron chi connectivity index (χ3n) is 1.42. The number of halogens is 3. The molecule has 3 nitrogen and oxygen atoms in total. The summed E-state index contributed by atoms with van der Waals surface area (Å²) in [5.41, 5.74) is 7.74. The highest BCUT2D eigenvalue weighted by atomic mass is 19.2. The summed E-state index contributed by atoms with van der Waals surface area (Å²) in [4.78, 5) is 2.37. The van der Waals surface area contributed by atoms with E-state index < -0.39 is 17.5 Å². The normalized spacial score (nSPS) is 9.46. The van der Waals surface area contributed by atoms with E-state index in [4.69, 9.17) is 5.53 Å². The van der Waals surface area contributed by atoms with Crippen molar-refractivity contribution >= 4 is 0 Å². The number of hydrogen-bond donors (Lipinski definition) is 0. The average molecular weight is 187 g/mol. The van der Waals surface area contributed by atoms with Crippen LogP contribution in [0.5, 0.6) is 0 Å². The van der Waals surface area contributed by atoms with Crippen molar-refractivity contribution in [2.45, 2.75) is 6.54 Å². The van der Waals surface area contributed by atoms with Crippen molar-refractivity contribution in [2.24, 2.45) is 5.11 Å². The summed E-state index contributed by atoms with van der Waals surface area (Å²) < 4.78 is 37.7. The van der Waals surface area contributed by atoms with Crippen molar-refractivity contribution in [3.63, 3.8) is 0 Å². The highest BCUT2D eigenvalue weighted by Crippen LogP contribution is 2.15. The molecular formula is C7H4F3N3. The highest BCUT2D eigenvalue weighted by Gasteiger charge is 2.11. The van der Waals surface area contributed by atoms with Crippen LogP contribution in [-0.2, 0) is 6.54 Å². The molecule has 6 heteroatoms. The van der Waals surface area contributed by atoms with Gasteiger partial charge in [0.25, 0.3) is 0 Å². The maximum Gasteiger partial charge on any atom is 0.194 e. The van der Waals surface area contributed by atoms with E-state index >= 15 is 0 Å². The number of nitrogens with zero attached hydrogens (tertiary/aromatic N) is 3. The van der Waals surface area contributed by atoms with Gasteiger partial charge in [0.05, 0.1) is 6.54 Å². The Kier molecular flexibility index (Phi) is 2.76. The molecule has 0 atom stereocenters. The van der Waals surface area contributed by atoms with E-state index in [2.05, 4.69) is 10.0 Å². The number of benzene rings is 1. The third kappa shape index (κ3) is 1.91. The van der Waals surface area contributed by atoms with Gasteiger partial charge in [-0.25, -0.2) is 13.2 Å². The number of hydrogen-bond acceptors (Lipinski definition) is 1. The summed E-state index contributed by atoms with van der Waals surface area (Å²) in [7, 11) is 0. The Morgan fingerprint density at radius 1 is 1.23 bits per heavy atom. The van der Waals surface area contributed by atoms with Crippen LogP contribution < -0.4 is 0 Å². The summed E-state index contributed by atoms with van der Waals surface area (Å²) in [5.74, 6) is -4.12. The lowest BCUT2D eigenvalue weighted by Gasteiger charge is -1.99. The molecule has 0 N–H and O–H groups in total. The standard InChI is InChI=1S/C7H4F3N3/c8-5-2-1-4(3-12-13-11)6(9)7(5)10/h1-2H,3H2. The van der Waals surface area contributed by atoms with Crippen molar-refractivity contribution in [1.82, 2.24) is 0 Å². The average Bonchev–Trinajstić information content (AvgIpc) is 2.13. The minimum absolute atomic E-state index is 0.170. The van der Waals surface area contributed by atoms with Gasteiger partial charge in [-0.3, -0.25) is 0 Å². The van der Waals surface area contributed by atoms with Gasteiger partial charge in [0, 0.05) is 4.91 Å². The van der Waals surface area contributed by atoms with Gasteiger partial charge < -0.3 is 0 Å². The van der Waals surface area contributed by atoms with E-state index in [-0.39, 0.29) is 12.1 Å². The van der Waals surface area contributed by atoms with Crippen LogP contribution in [0.3, 0.4) is 0 Å². The largest absolute Gasteiger partial charge is 0.204 e. The first-order valence-corrected chi connectivity index (χ1v) is 3.30. The fraction of sp³-hybridized carbons (Fsp3) is 0.143. The molecule has 1 aromatic rings. The molecule has 0 unspecified atom stereocenters. The Morgan fingerprint density at radius 2 is 1.92 bits per heavy atom. The first kappa shape index (κ1) is 9.41. The molecule has 0 aliphatic heterocycles. The van der Waals surface area contributed by atoms with Gasteiger partial charge in [0.2, 0.25) is 0 Å². The van der Waals surface area contributed by atoms with Crippen LogP contribution in [0.25, 0.3) is 10.4 Å². The molecular weight excluding hydrogens is 183 g/mol. The second kappa shape index (κ2) is 3.82.